The van der Waals surface area contributed by atoms with Gasteiger partial charge in [-0.15, -0.1) is 10.2 Å². The summed E-state index contributed by atoms with van der Waals surface area (Å²) in [6, 6.07) is 9.81. The summed E-state index contributed by atoms with van der Waals surface area (Å²) < 4.78 is 5.44. The number of oxazole rings is 1. The van der Waals surface area contributed by atoms with Gasteiger partial charge < -0.3 is 9.73 Å². The molecule has 90 valence electrons. The third-order valence-electron chi connectivity index (χ3n) is 2.35. The average molecular weight is 258 g/mol. The quantitative estimate of drug-likeness (QED) is 0.779. The lowest BCUT2D eigenvalue weighted by Gasteiger charge is -1.96. The van der Waals surface area contributed by atoms with Gasteiger partial charge in [0.2, 0.25) is 11.0 Å². The lowest BCUT2D eigenvalue weighted by Crippen LogP contribution is -1.99. The number of benzene rings is 1. The van der Waals surface area contributed by atoms with Gasteiger partial charge in [0.05, 0.1) is 12.2 Å². The number of hydrogen-bond donors (Lipinski definition) is 1. The van der Waals surface area contributed by atoms with Gasteiger partial charge in [-0.25, -0.2) is 4.98 Å². The SMILES string of the molecule is c1ccc(-c2nc(CNc3nncs3)co2)cc1. The molecule has 6 heteroatoms. The summed E-state index contributed by atoms with van der Waals surface area (Å²) in [5.74, 6) is 0.629. The van der Waals surface area contributed by atoms with E-state index in [2.05, 4.69) is 20.5 Å². The fourth-order valence-electron chi connectivity index (χ4n) is 1.52. The van der Waals surface area contributed by atoms with Gasteiger partial charge in [0.25, 0.3) is 0 Å². The zero-order chi connectivity index (χ0) is 12.2. The van der Waals surface area contributed by atoms with Crippen molar-refractivity contribution in [1.82, 2.24) is 15.2 Å². The second-order valence-corrected chi connectivity index (χ2v) is 4.44. The van der Waals surface area contributed by atoms with E-state index in [4.69, 9.17) is 4.42 Å². The summed E-state index contributed by atoms with van der Waals surface area (Å²) in [5, 5.41) is 11.5. The Morgan fingerprint density at radius 2 is 2.11 bits per heavy atom. The van der Waals surface area contributed by atoms with Gasteiger partial charge in [-0.3, -0.25) is 0 Å². The largest absolute Gasteiger partial charge is 0.444 e. The standard InChI is InChI=1S/C12H10N4OS/c1-2-4-9(5-3-1)11-15-10(7-17-11)6-13-12-16-14-8-18-12/h1-5,7-8H,6H2,(H,13,16). The van der Waals surface area contributed by atoms with Crippen LogP contribution >= 0.6 is 11.3 Å². The number of nitrogens with one attached hydrogen (secondary N) is 1. The van der Waals surface area contributed by atoms with Crippen molar-refractivity contribution >= 4 is 16.5 Å². The zero-order valence-electron chi connectivity index (χ0n) is 9.41. The normalized spacial score (nSPS) is 10.4. The lowest BCUT2D eigenvalue weighted by molar-refractivity contribution is 0.573. The highest BCUT2D eigenvalue weighted by Gasteiger charge is 2.06. The molecule has 1 aromatic carbocycles. The van der Waals surface area contributed by atoms with Gasteiger partial charge in [-0.05, 0) is 12.1 Å². The van der Waals surface area contributed by atoms with Gasteiger partial charge in [-0.2, -0.15) is 0 Å². The number of anilines is 1. The van der Waals surface area contributed by atoms with Gasteiger partial charge >= 0.3 is 0 Å². The van der Waals surface area contributed by atoms with Crippen molar-refractivity contribution in [1.29, 1.82) is 0 Å². The molecule has 5 nitrogen and oxygen atoms in total. The van der Waals surface area contributed by atoms with Crippen molar-refractivity contribution in [3.05, 3.63) is 47.8 Å². The van der Waals surface area contributed by atoms with E-state index in [0.717, 1.165) is 16.4 Å². The van der Waals surface area contributed by atoms with Crippen LogP contribution in [0.1, 0.15) is 5.69 Å². The van der Waals surface area contributed by atoms with Crippen LogP contribution in [-0.2, 0) is 6.54 Å². The topological polar surface area (TPSA) is 63.8 Å². The van der Waals surface area contributed by atoms with Crippen LogP contribution in [0.2, 0.25) is 0 Å². The molecular formula is C12H10N4OS. The second kappa shape index (κ2) is 4.97. The Morgan fingerprint density at radius 1 is 1.22 bits per heavy atom. The maximum atomic E-state index is 5.44. The monoisotopic (exact) mass is 258 g/mol. The molecule has 0 aliphatic carbocycles. The van der Waals surface area contributed by atoms with E-state index < -0.39 is 0 Å². The average Bonchev–Trinajstić information content (AvgIpc) is 3.09. The molecule has 0 saturated heterocycles. The van der Waals surface area contributed by atoms with E-state index in [1.807, 2.05) is 30.3 Å². The summed E-state index contributed by atoms with van der Waals surface area (Å²) in [7, 11) is 0. The van der Waals surface area contributed by atoms with Crippen LogP contribution in [0.15, 0.2) is 46.5 Å². The molecule has 0 bridgehead atoms. The predicted octanol–water partition coefficient (Wildman–Crippen LogP) is 2.81. The van der Waals surface area contributed by atoms with Gasteiger partial charge in [0.15, 0.2) is 0 Å². The number of aromatic nitrogens is 3. The van der Waals surface area contributed by atoms with Crippen LogP contribution in [-0.4, -0.2) is 15.2 Å². The van der Waals surface area contributed by atoms with E-state index in [-0.39, 0.29) is 0 Å². The van der Waals surface area contributed by atoms with Crippen LogP contribution in [0.3, 0.4) is 0 Å². The highest BCUT2D eigenvalue weighted by molar-refractivity contribution is 7.13. The maximum absolute atomic E-state index is 5.44. The number of hydrogen-bond acceptors (Lipinski definition) is 6. The molecule has 2 aromatic heterocycles. The Kier molecular flexibility index (Phi) is 3.01. The highest BCUT2D eigenvalue weighted by Crippen LogP contribution is 2.18. The molecular weight excluding hydrogens is 248 g/mol. The third kappa shape index (κ3) is 2.38. The molecule has 2 heterocycles. The zero-order valence-corrected chi connectivity index (χ0v) is 10.2. The van der Waals surface area contributed by atoms with Crippen LogP contribution in [0.4, 0.5) is 5.13 Å². The molecule has 0 fully saturated rings. The van der Waals surface area contributed by atoms with E-state index >= 15 is 0 Å². The Labute approximate surface area is 108 Å². The molecule has 0 spiro atoms. The first-order valence-corrected chi connectivity index (χ1v) is 6.29. The molecule has 0 amide bonds. The van der Waals surface area contributed by atoms with E-state index in [0.29, 0.717) is 12.4 Å². The van der Waals surface area contributed by atoms with Gasteiger partial charge in [0, 0.05) is 5.56 Å². The Morgan fingerprint density at radius 3 is 2.89 bits per heavy atom. The Hall–Kier alpha value is -2.21. The van der Waals surface area contributed by atoms with Crippen LogP contribution in [0.5, 0.6) is 0 Å². The first-order valence-electron chi connectivity index (χ1n) is 5.42. The van der Waals surface area contributed by atoms with E-state index in [9.17, 15) is 0 Å². The van der Waals surface area contributed by atoms with Crippen molar-refractivity contribution < 1.29 is 4.42 Å². The van der Waals surface area contributed by atoms with E-state index in [1.54, 1.807) is 11.8 Å². The molecule has 3 aromatic rings. The van der Waals surface area contributed by atoms with Gasteiger partial charge in [0.1, 0.15) is 11.8 Å². The van der Waals surface area contributed by atoms with Crippen molar-refractivity contribution in [2.24, 2.45) is 0 Å². The lowest BCUT2D eigenvalue weighted by atomic mass is 10.2. The number of rotatable bonds is 4. The number of nitrogens with zero attached hydrogens (tertiary/aromatic N) is 3. The summed E-state index contributed by atoms with van der Waals surface area (Å²) in [4.78, 5) is 4.41. The van der Waals surface area contributed by atoms with Crippen LogP contribution in [0.25, 0.3) is 11.5 Å². The molecule has 0 aliphatic rings. The Balaban J connectivity index is 1.70. The summed E-state index contributed by atoms with van der Waals surface area (Å²) in [6.45, 7) is 0.575. The molecule has 0 unspecified atom stereocenters. The first-order chi connectivity index (χ1) is 8.92. The van der Waals surface area contributed by atoms with Gasteiger partial charge in [-0.1, -0.05) is 29.5 Å². The first kappa shape index (κ1) is 10.9. The third-order valence-corrected chi connectivity index (χ3v) is 3.00. The minimum atomic E-state index is 0.575. The van der Waals surface area contributed by atoms with E-state index in [1.165, 1.54) is 11.3 Å². The molecule has 18 heavy (non-hydrogen) atoms. The van der Waals surface area contributed by atoms with Crippen molar-refractivity contribution in [3.8, 4) is 11.5 Å². The molecule has 1 N–H and O–H groups in total. The molecule has 0 aliphatic heterocycles. The summed E-state index contributed by atoms with van der Waals surface area (Å²) in [6.07, 6.45) is 1.65. The smallest absolute Gasteiger partial charge is 0.226 e. The minimum Gasteiger partial charge on any atom is -0.444 e. The molecule has 0 saturated carbocycles. The predicted molar refractivity (Wildman–Crippen MR) is 69.2 cm³/mol. The molecule has 0 atom stereocenters. The molecule has 0 radical (unpaired) electrons. The summed E-state index contributed by atoms with van der Waals surface area (Å²) in [5.41, 5.74) is 3.49. The van der Waals surface area contributed by atoms with Crippen molar-refractivity contribution in [3.63, 3.8) is 0 Å². The maximum Gasteiger partial charge on any atom is 0.226 e. The van der Waals surface area contributed by atoms with Crippen molar-refractivity contribution in [2.45, 2.75) is 6.54 Å². The minimum absolute atomic E-state index is 0.575. The van der Waals surface area contributed by atoms with Crippen LogP contribution in [0, 0.1) is 0 Å². The van der Waals surface area contributed by atoms with Crippen LogP contribution < -0.4 is 5.32 Å². The van der Waals surface area contributed by atoms with Crippen molar-refractivity contribution in [2.75, 3.05) is 5.32 Å². The fraction of sp³-hybridized carbons (Fsp3) is 0.0833. The summed E-state index contributed by atoms with van der Waals surface area (Å²) >= 11 is 1.45. The highest BCUT2D eigenvalue weighted by atomic mass is 32.1. The second-order valence-electron chi connectivity index (χ2n) is 3.61. The Bertz CT molecular complexity index is 606. The fourth-order valence-corrected chi connectivity index (χ4v) is 1.96. The molecule has 3 rings (SSSR count).